The number of anilines is 1. The van der Waals surface area contributed by atoms with Gasteiger partial charge in [-0.2, -0.15) is 0 Å². The van der Waals surface area contributed by atoms with Crippen LogP contribution < -0.4 is 5.73 Å². The average Bonchev–Trinajstić information content (AvgIpc) is 3.14. The smallest absolute Gasteiger partial charge is 0.0359 e. The third kappa shape index (κ3) is 4.00. The third-order valence-electron chi connectivity index (χ3n) is 3.54. The Morgan fingerprint density at radius 3 is 2.50 bits per heavy atom. The molecule has 0 aromatic heterocycles. The van der Waals surface area contributed by atoms with E-state index in [1.807, 2.05) is 12.1 Å². The summed E-state index contributed by atoms with van der Waals surface area (Å²) >= 11 is 0. The highest BCUT2D eigenvalue weighted by Gasteiger charge is 2.28. The molecule has 1 aliphatic rings. The summed E-state index contributed by atoms with van der Waals surface area (Å²) in [5.74, 6) is 0. The molecule has 3 heteroatoms. The molecule has 1 fully saturated rings. The standard InChI is InChI=1S/C15H25N3/c1-17(2)10-5-11-18(14-8-9-14)12-13-6-3-4-7-15(13)16/h3-4,6-7,14H,5,8-12,16H2,1-2H3. The van der Waals surface area contributed by atoms with Gasteiger partial charge < -0.3 is 10.6 Å². The molecule has 0 aliphatic heterocycles. The van der Waals surface area contributed by atoms with Crippen LogP contribution in [0.5, 0.6) is 0 Å². The number of nitrogen functional groups attached to an aromatic ring is 1. The van der Waals surface area contributed by atoms with Gasteiger partial charge in [0.15, 0.2) is 0 Å². The van der Waals surface area contributed by atoms with E-state index >= 15 is 0 Å². The van der Waals surface area contributed by atoms with E-state index < -0.39 is 0 Å². The van der Waals surface area contributed by atoms with Gasteiger partial charge in [0.1, 0.15) is 0 Å². The molecule has 0 heterocycles. The van der Waals surface area contributed by atoms with E-state index in [2.05, 4.69) is 36.0 Å². The average molecular weight is 247 g/mol. The SMILES string of the molecule is CN(C)CCCN(Cc1ccccc1N)C1CC1. The molecule has 1 aromatic rings. The van der Waals surface area contributed by atoms with Crippen molar-refractivity contribution in [3.05, 3.63) is 29.8 Å². The summed E-state index contributed by atoms with van der Waals surface area (Å²) in [5, 5.41) is 0. The van der Waals surface area contributed by atoms with Crippen LogP contribution >= 0.6 is 0 Å². The van der Waals surface area contributed by atoms with Crippen molar-refractivity contribution < 1.29 is 0 Å². The Hall–Kier alpha value is -1.06. The van der Waals surface area contributed by atoms with Crippen LogP contribution in [-0.4, -0.2) is 43.0 Å². The van der Waals surface area contributed by atoms with Gasteiger partial charge in [0.25, 0.3) is 0 Å². The van der Waals surface area contributed by atoms with Crippen LogP contribution in [-0.2, 0) is 6.54 Å². The molecular weight excluding hydrogens is 222 g/mol. The number of nitrogens with zero attached hydrogens (tertiary/aromatic N) is 2. The Kier molecular flexibility index (Phi) is 4.61. The summed E-state index contributed by atoms with van der Waals surface area (Å²) in [6, 6.07) is 9.03. The van der Waals surface area contributed by atoms with Gasteiger partial charge in [0.2, 0.25) is 0 Å². The molecule has 18 heavy (non-hydrogen) atoms. The zero-order valence-electron chi connectivity index (χ0n) is 11.6. The van der Waals surface area contributed by atoms with Crippen molar-refractivity contribution in [3.63, 3.8) is 0 Å². The molecule has 1 saturated carbocycles. The minimum Gasteiger partial charge on any atom is -0.398 e. The summed E-state index contributed by atoms with van der Waals surface area (Å²) in [6.45, 7) is 3.34. The van der Waals surface area contributed by atoms with Crippen LogP contribution in [0.15, 0.2) is 24.3 Å². The maximum Gasteiger partial charge on any atom is 0.0359 e. The summed E-state index contributed by atoms with van der Waals surface area (Å²) in [4.78, 5) is 4.84. The summed E-state index contributed by atoms with van der Waals surface area (Å²) in [6.07, 6.45) is 3.94. The van der Waals surface area contributed by atoms with Gasteiger partial charge >= 0.3 is 0 Å². The molecule has 0 radical (unpaired) electrons. The molecule has 0 saturated heterocycles. The lowest BCUT2D eigenvalue weighted by atomic mass is 10.1. The fraction of sp³-hybridized carbons (Fsp3) is 0.600. The highest BCUT2D eigenvalue weighted by atomic mass is 15.2. The van der Waals surface area contributed by atoms with Crippen molar-refractivity contribution >= 4 is 5.69 Å². The zero-order valence-corrected chi connectivity index (χ0v) is 11.6. The second-order valence-electron chi connectivity index (χ2n) is 5.56. The minimum atomic E-state index is 0.798. The second-order valence-corrected chi connectivity index (χ2v) is 5.56. The van der Waals surface area contributed by atoms with Gasteiger partial charge in [0, 0.05) is 18.3 Å². The normalized spacial score (nSPS) is 15.6. The van der Waals surface area contributed by atoms with Crippen molar-refractivity contribution in [1.29, 1.82) is 0 Å². The Balaban J connectivity index is 1.88. The van der Waals surface area contributed by atoms with E-state index in [1.165, 1.54) is 31.4 Å². The Labute approximate surface area is 111 Å². The maximum absolute atomic E-state index is 6.03. The molecule has 0 bridgehead atoms. The van der Waals surface area contributed by atoms with E-state index in [1.54, 1.807) is 0 Å². The first-order valence-electron chi connectivity index (χ1n) is 6.89. The Bertz CT molecular complexity index is 372. The van der Waals surface area contributed by atoms with Gasteiger partial charge in [-0.05, 0) is 58.1 Å². The molecule has 2 N–H and O–H groups in total. The molecule has 100 valence electrons. The van der Waals surface area contributed by atoms with Crippen LogP contribution in [0.1, 0.15) is 24.8 Å². The lowest BCUT2D eigenvalue weighted by Crippen LogP contribution is -2.29. The first-order valence-corrected chi connectivity index (χ1v) is 6.89. The zero-order chi connectivity index (χ0) is 13.0. The van der Waals surface area contributed by atoms with Crippen LogP contribution in [0.3, 0.4) is 0 Å². The molecule has 3 nitrogen and oxygen atoms in total. The first-order chi connectivity index (χ1) is 8.66. The van der Waals surface area contributed by atoms with Crippen LogP contribution in [0.2, 0.25) is 0 Å². The fourth-order valence-corrected chi connectivity index (χ4v) is 2.32. The van der Waals surface area contributed by atoms with Gasteiger partial charge in [-0.1, -0.05) is 18.2 Å². The van der Waals surface area contributed by atoms with E-state index in [9.17, 15) is 0 Å². The quantitative estimate of drug-likeness (QED) is 0.750. The predicted molar refractivity (Wildman–Crippen MR) is 77.5 cm³/mol. The van der Waals surface area contributed by atoms with E-state index in [-0.39, 0.29) is 0 Å². The minimum absolute atomic E-state index is 0.798. The maximum atomic E-state index is 6.03. The molecule has 0 unspecified atom stereocenters. The lowest BCUT2D eigenvalue weighted by molar-refractivity contribution is 0.238. The topological polar surface area (TPSA) is 32.5 Å². The van der Waals surface area contributed by atoms with Gasteiger partial charge in [-0.25, -0.2) is 0 Å². The second kappa shape index (κ2) is 6.21. The fourth-order valence-electron chi connectivity index (χ4n) is 2.32. The molecular formula is C15H25N3. The van der Waals surface area contributed by atoms with E-state index in [0.717, 1.165) is 24.8 Å². The number of hydrogen-bond donors (Lipinski definition) is 1. The van der Waals surface area contributed by atoms with Gasteiger partial charge in [0.05, 0.1) is 0 Å². The lowest BCUT2D eigenvalue weighted by Gasteiger charge is -2.23. The van der Waals surface area contributed by atoms with Crippen molar-refractivity contribution in [2.75, 3.05) is 32.9 Å². The summed E-state index contributed by atoms with van der Waals surface area (Å²) in [5.41, 5.74) is 8.23. The molecule has 0 spiro atoms. The summed E-state index contributed by atoms with van der Waals surface area (Å²) in [7, 11) is 4.27. The van der Waals surface area contributed by atoms with Gasteiger partial charge in [-0.15, -0.1) is 0 Å². The van der Waals surface area contributed by atoms with Crippen LogP contribution in [0.4, 0.5) is 5.69 Å². The van der Waals surface area contributed by atoms with Crippen LogP contribution in [0.25, 0.3) is 0 Å². The number of benzene rings is 1. The highest BCUT2D eigenvalue weighted by Crippen LogP contribution is 2.29. The number of nitrogens with two attached hydrogens (primary N) is 1. The Morgan fingerprint density at radius 2 is 1.89 bits per heavy atom. The highest BCUT2D eigenvalue weighted by molar-refractivity contribution is 5.46. The first kappa shape index (κ1) is 13.4. The molecule has 0 amide bonds. The van der Waals surface area contributed by atoms with Crippen molar-refractivity contribution in [1.82, 2.24) is 9.80 Å². The molecule has 2 rings (SSSR count). The predicted octanol–water partition coefficient (Wildman–Crippen LogP) is 2.18. The number of rotatable bonds is 7. The molecule has 1 aromatic carbocycles. The van der Waals surface area contributed by atoms with Crippen molar-refractivity contribution in [3.8, 4) is 0 Å². The van der Waals surface area contributed by atoms with Crippen molar-refractivity contribution in [2.24, 2.45) is 0 Å². The van der Waals surface area contributed by atoms with E-state index in [4.69, 9.17) is 5.73 Å². The third-order valence-corrected chi connectivity index (χ3v) is 3.54. The van der Waals surface area contributed by atoms with Crippen LogP contribution in [0, 0.1) is 0 Å². The molecule has 1 aliphatic carbocycles. The number of para-hydroxylation sites is 1. The molecule has 0 atom stereocenters. The summed E-state index contributed by atoms with van der Waals surface area (Å²) < 4.78 is 0. The van der Waals surface area contributed by atoms with Gasteiger partial charge in [-0.3, -0.25) is 4.90 Å². The van der Waals surface area contributed by atoms with Crippen molar-refractivity contribution in [2.45, 2.75) is 31.8 Å². The monoisotopic (exact) mass is 247 g/mol. The largest absolute Gasteiger partial charge is 0.398 e. The van der Waals surface area contributed by atoms with E-state index in [0.29, 0.717) is 0 Å². The Morgan fingerprint density at radius 1 is 1.17 bits per heavy atom. The number of hydrogen-bond acceptors (Lipinski definition) is 3.